The van der Waals surface area contributed by atoms with Gasteiger partial charge in [-0.15, -0.1) is 0 Å². The highest BCUT2D eigenvalue weighted by atomic mass is 16.5. The van der Waals surface area contributed by atoms with Crippen molar-refractivity contribution < 1.29 is 19.4 Å². The van der Waals surface area contributed by atoms with Crippen LogP contribution in [-0.2, 0) is 11.2 Å². The van der Waals surface area contributed by atoms with Crippen molar-refractivity contribution in [1.29, 1.82) is 0 Å². The van der Waals surface area contributed by atoms with Crippen molar-refractivity contribution in [2.24, 2.45) is 0 Å². The molecule has 0 aliphatic carbocycles. The first kappa shape index (κ1) is 22.8. The number of esters is 1. The lowest BCUT2D eigenvalue weighted by Crippen LogP contribution is -2.35. The third-order valence-corrected chi connectivity index (χ3v) is 4.97. The molecule has 1 atom stereocenters. The number of rotatable bonds is 12. The zero-order valence-corrected chi connectivity index (χ0v) is 17.8. The van der Waals surface area contributed by atoms with Gasteiger partial charge in [-0.2, -0.15) is 0 Å². The highest BCUT2D eigenvalue weighted by Crippen LogP contribution is 2.16. The molecule has 0 aromatic heterocycles. The molecule has 0 spiro atoms. The summed E-state index contributed by atoms with van der Waals surface area (Å²) in [5, 5.41) is 9.27. The molecule has 2 rings (SSSR count). The van der Waals surface area contributed by atoms with Gasteiger partial charge in [-0.1, -0.05) is 19.1 Å². The first-order valence-corrected chi connectivity index (χ1v) is 10.5. The van der Waals surface area contributed by atoms with Gasteiger partial charge < -0.3 is 19.5 Å². The number of unbranched alkanes of at least 4 members (excludes halogenated alkanes) is 1. The fraction of sp³-hybridized carbons (Fsp3) is 0.458. The lowest BCUT2D eigenvalue weighted by atomic mass is 10.1. The van der Waals surface area contributed by atoms with E-state index in [9.17, 15) is 9.90 Å². The van der Waals surface area contributed by atoms with Gasteiger partial charge in [-0.3, -0.25) is 0 Å². The smallest absolute Gasteiger partial charge is 0.338 e. The Hall–Kier alpha value is -2.53. The summed E-state index contributed by atoms with van der Waals surface area (Å²) in [4.78, 5) is 14.4. The Morgan fingerprint density at radius 1 is 1.03 bits per heavy atom. The number of nitrogens with zero attached hydrogens (tertiary/aromatic N) is 1. The van der Waals surface area contributed by atoms with E-state index < -0.39 is 0 Å². The quantitative estimate of drug-likeness (QED) is 0.415. The number of hydrogen-bond donors (Lipinski definition) is 1. The molecule has 2 aromatic carbocycles. The van der Waals surface area contributed by atoms with E-state index in [1.807, 2.05) is 19.1 Å². The van der Waals surface area contributed by atoms with Crippen LogP contribution in [0.3, 0.4) is 0 Å². The highest BCUT2D eigenvalue weighted by molar-refractivity contribution is 5.89. The fourth-order valence-electron chi connectivity index (χ4n) is 3.31. The maximum absolute atomic E-state index is 12.0. The summed E-state index contributed by atoms with van der Waals surface area (Å²) in [5.41, 5.74) is 1.77. The van der Waals surface area contributed by atoms with Crippen LogP contribution < -0.4 is 4.74 Å². The number of carbonyl (C=O) groups excluding carboxylic acids is 1. The van der Waals surface area contributed by atoms with Crippen molar-refractivity contribution >= 4 is 5.97 Å². The molecule has 29 heavy (non-hydrogen) atoms. The number of phenolic OH excluding ortho intramolecular Hbond substituents is 1. The van der Waals surface area contributed by atoms with Crippen molar-refractivity contribution in [2.75, 3.05) is 26.3 Å². The largest absolute Gasteiger partial charge is 0.508 e. The topological polar surface area (TPSA) is 59.0 Å². The Labute approximate surface area is 174 Å². The highest BCUT2D eigenvalue weighted by Gasteiger charge is 2.13. The maximum Gasteiger partial charge on any atom is 0.338 e. The third-order valence-electron chi connectivity index (χ3n) is 4.97. The van der Waals surface area contributed by atoms with E-state index in [0.717, 1.165) is 38.1 Å². The minimum atomic E-state index is -0.346. The van der Waals surface area contributed by atoms with Gasteiger partial charge in [0.1, 0.15) is 11.5 Å². The predicted octanol–water partition coefficient (Wildman–Crippen LogP) is 4.68. The Morgan fingerprint density at radius 2 is 1.72 bits per heavy atom. The molecule has 2 aromatic rings. The zero-order valence-electron chi connectivity index (χ0n) is 17.8. The van der Waals surface area contributed by atoms with Gasteiger partial charge in [0.15, 0.2) is 0 Å². The molecule has 0 aliphatic rings. The second kappa shape index (κ2) is 12.1. The monoisotopic (exact) mass is 399 g/mol. The van der Waals surface area contributed by atoms with Gasteiger partial charge in [0.05, 0.1) is 18.8 Å². The van der Waals surface area contributed by atoms with Crippen LogP contribution in [-0.4, -0.2) is 48.3 Å². The zero-order chi connectivity index (χ0) is 21.1. The molecule has 0 saturated heterocycles. The van der Waals surface area contributed by atoms with E-state index in [2.05, 4.69) is 30.9 Å². The summed E-state index contributed by atoms with van der Waals surface area (Å²) in [7, 11) is 0. The summed E-state index contributed by atoms with van der Waals surface area (Å²) in [5.74, 6) is 0.708. The summed E-state index contributed by atoms with van der Waals surface area (Å²) in [6, 6.07) is 14.9. The maximum atomic E-state index is 12.0. The number of phenols is 1. The van der Waals surface area contributed by atoms with Gasteiger partial charge in [0.2, 0.25) is 0 Å². The van der Waals surface area contributed by atoms with E-state index in [1.54, 1.807) is 12.1 Å². The van der Waals surface area contributed by atoms with Crippen LogP contribution in [0.1, 0.15) is 49.5 Å². The SMILES string of the molecule is CCOc1ccc(CC(C)N(CC)CCCCOC(=O)c2ccc(O)cc2)cc1. The molecule has 0 saturated carbocycles. The molecule has 0 fully saturated rings. The number of carbonyl (C=O) groups is 1. The summed E-state index contributed by atoms with van der Waals surface area (Å²) < 4.78 is 10.8. The lowest BCUT2D eigenvalue weighted by molar-refractivity contribution is 0.0493. The van der Waals surface area contributed by atoms with Crippen LogP contribution in [0.15, 0.2) is 48.5 Å². The average Bonchev–Trinajstić information content (AvgIpc) is 2.72. The van der Waals surface area contributed by atoms with Gasteiger partial charge >= 0.3 is 5.97 Å². The van der Waals surface area contributed by atoms with Crippen molar-refractivity contribution in [1.82, 2.24) is 4.90 Å². The number of likely N-dealkylation sites (N-methyl/N-ethyl adjacent to an activating group) is 1. The van der Waals surface area contributed by atoms with E-state index in [-0.39, 0.29) is 11.7 Å². The molecular formula is C24H33NO4. The Balaban J connectivity index is 1.69. The minimum absolute atomic E-state index is 0.139. The number of ether oxygens (including phenoxy) is 2. The van der Waals surface area contributed by atoms with Gasteiger partial charge in [0, 0.05) is 6.04 Å². The molecule has 1 unspecified atom stereocenters. The molecule has 5 heteroatoms. The predicted molar refractivity (Wildman–Crippen MR) is 116 cm³/mol. The molecule has 0 radical (unpaired) electrons. The van der Waals surface area contributed by atoms with Gasteiger partial charge in [0.25, 0.3) is 0 Å². The molecule has 0 amide bonds. The molecular weight excluding hydrogens is 366 g/mol. The second-order valence-corrected chi connectivity index (χ2v) is 7.15. The normalized spacial score (nSPS) is 12.0. The van der Waals surface area contributed by atoms with Crippen LogP contribution >= 0.6 is 0 Å². The van der Waals surface area contributed by atoms with E-state index >= 15 is 0 Å². The van der Waals surface area contributed by atoms with Gasteiger partial charge in [-0.05, 0) is 88.2 Å². The van der Waals surface area contributed by atoms with Crippen LogP contribution in [0.4, 0.5) is 0 Å². The fourth-order valence-corrected chi connectivity index (χ4v) is 3.31. The standard InChI is InChI=1S/C24H33NO4/c1-4-25(19(3)18-20-8-14-23(15-9-20)28-5-2)16-6-7-17-29-24(27)21-10-12-22(26)13-11-21/h8-15,19,26H,4-7,16-18H2,1-3H3. The van der Waals surface area contributed by atoms with Crippen molar-refractivity contribution in [3.63, 3.8) is 0 Å². The Kier molecular flexibility index (Phi) is 9.51. The van der Waals surface area contributed by atoms with Crippen LogP contribution in [0, 0.1) is 0 Å². The van der Waals surface area contributed by atoms with E-state index in [0.29, 0.717) is 24.8 Å². The molecule has 0 bridgehead atoms. The Morgan fingerprint density at radius 3 is 2.34 bits per heavy atom. The summed E-state index contributed by atoms with van der Waals surface area (Å²) in [6.07, 6.45) is 2.80. The number of hydrogen-bond acceptors (Lipinski definition) is 5. The van der Waals surface area contributed by atoms with Crippen molar-refractivity contribution in [2.45, 2.75) is 46.1 Å². The third kappa shape index (κ3) is 7.78. The van der Waals surface area contributed by atoms with Crippen LogP contribution in [0.5, 0.6) is 11.5 Å². The van der Waals surface area contributed by atoms with Gasteiger partial charge in [-0.25, -0.2) is 4.79 Å². The van der Waals surface area contributed by atoms with Crippen molar-refractivity contribution in [3.05, 3.63) is 59.7 Å². The number of benzene rings is 2. The molecule has 0 aliphatic heterocycles. The van der Waals surface area contributed by atoms with Crippen LogP contribution in [0.25, 0.3) is 0 Å². The van der Waals surface area contributed by atoms with E-state index in [1.165, 1.54) is 17.7 Å². The summed E-state index contributed by atoms with van der Waals surface area (Å²) in [6.45, 7) is 9.48. The molecule has 158 valence electrons. The van der Waals surface area contributed by atoms with Crippen molar-refractivity contribution in [3.8, 4) is 11.5 Å². The second-order valence-electron chi connectivity index (χ2n) is 7.15. The Bertz CT molecular complexity index is 728. The molecule has 5 nitrogen and oxygen atoms in total. The molecule has 0 heterocycles. The molecule has 1 N–H and O–H groups in total. The van der Waals surface area contributed by atoms with Crippen LogP contribution in [0.2, 0.25) is 0 Å². The first-order valence-electron chi connectivity index (χ1n) is 10.5. The number of aromatic hydroxyl groups is 1. The average molecular weight is 400 g/mol. The lowest BCUT2D eigenvalue weighted by Gasteiger charge is -2.28. The minimum Gasteiger partial charge on any atom is -0.508 e. The van der Waals surface area contributed by atoms with E-state index in [4.69, 9.17) is 9.47 Å². The first-order chi connectivity index (χ1) is 14.0. The summed E-state index contributed by atoms with van der Waals surface area (Å²) >= 11 is 0.